The van der Waals surface area contributed by atoms with Crippen molar-refractivity contribution in [1.82, 2.24) is 5.32 Å². The molecule has 7 nitrogen and oxygen atoms in total. The van der Waals surface area contributed by atoms with Crippen LogP contribution in [0.25, 0.3) is 0 Å². The molecule has 0 aliphatic heterocycles. The van der Waals surface area contributed by atoms with Gasteiger partial charge in [-0.25, -0.2) is 8.42 Å². The molecule has 0 unspecified atom stereocenters. The molecule has 1 saturated carbocycles. The maximum absolute atomic E-state index is 12.7. The molecule has 0 bridgehead atoms. The maximum atomic E-state index is 12.7. The minimum absolute atomic E-state index is 0.0897. The molecule has 2 N–H and O–H groups in total. The number of amides is 1. The third-order valence-corrected chi connectivity index (χ3v) is 6.76. The van der Waals surface area contributed by atoms with Crippen LogP contribution in [0.15, 0.2) is 47.4 Å². The summed E-state index contributed by atoms with van der Waals surface area (Å²) in [6.45, 7) is 1.67. The van der Waals surface area contributed by atoms with Crippen molar-refractivity contribution in [2.24, 2.45) is 0 Å². The Hall–Kier alpha value is -2.74. The second kappa shape index (κ2) is 10.5. The number of anilines is 1. The van der Waals surface area contributed by atoms with Gasteiger partial charge < -0.3 is 14.8 Å². The van der Waals surface area contributed by atoms with Gasteiger partial charge in [-0.1, -0.05) is 25.7 Å². The largest absolute Gasteiger partial charge is 0.497 e. The number of methoxy groups -OCH3 is 1. The van der Waals surface area contributed by atoms with Gasteiger partial charge in [-0.15, -0.1) is 0 Å². The third kappa shape index (κ3) is 6.62. The van der Waals surface area contributed by atoms with Crippen LogP contribution < -0.4 is 19.5 Å². The predicted molar refractivity (Wildman–Crippen MR) is 120 cm³/mol. The van der Waals surface area contributed by atoms with E-state index in [9.17, 15) is 13.2 Å². The first kappa shape index (κ1) is 22.9. The zero-order valence-electron chi connectivity index (χ0n) is 18.0. The number of aryl methyl sites for hydroxylation is 1. The quantitative estimate of drug-likeness (QED) is 0.598. The third-order valence-electron chi connectivity index (χ3n) is 5.38. The average molecular weight is 447 g/mol. The molecule has 3 rings (SSSR count). The van der Waals surface area contributed by atoms with Crippen molar-refractivity contribution >= 4 is 21.6 Å². The number of carbonyl (C=O) groups excluding carboxylic acids is 1. The maximum Gasteiger partial charge on any atom is 0.261 e. The van der Waals surface area contributed by atoms with Crippen molar-refractivity contribution < 1.29 is 22.7 Å². The minimum atomic E-state index is -3.75. The van der Waals surface area contributed by atoms with Crippen molar-refractivity contribution in [2.75, 3.05) is 18.4 Å². The van der Waals surface area contributed by atoms with Gasteiger partial charge in [-0.2, -0.15) is 0 Å². The van der Waals surface area contributed by atoms with Gasteiger partial charge in [0.2, 0.25) is 0 Å². The Kier molecular flexibility index (Phi) is 7.79. The number of ether oxygens (including phenoxy) is 2. The smallest absolute Gasteiger partial charge is 0.261 e. The highest BCUT2D eigenvalue weighted by Crippen LogP contribution is 2.24. The Labute approximate surface area is 184 Å². The molecule has 1 aliphatic carbocycles. The normalized spacial score (nSPS) is 15.0. The molecular formula is C23H30N2O5S. The molecule has 0 radical (unpaired) electrons. The summed E-state index contributed by atoms with van der Waals surface area (Å²) in [7, 11) is -2.20. The molecule has 31 heavy (non-hydrogen) atoms. The fourth-order valence-corrected chi connectivity index (χ4v) is 4.80. The van der Waals surface area contributed by atoms with Gasteiger partial charge in [0.1, 0.15) is 11.5 Å². The number of hydrogen-bond donors (Lipinski definition) is 2. The van der Waals surface area contributed by atoms with Gasteiger partial charge in [0, 0.05) is 11.7 Å². The number of nitrogens with one attached hydrogen (secondary N) is 2. The van der Waals surface area contributed by atoms with Crippen molar-refractivity contribution in [2.45, 2.75) is 56.4 Å². The fraction of sp³-hybridized carbons (Fsp3) is 0.435. The zero-order valence-corrected chi connectivity index (χ0v) is 18.8. The minimum Gasteiger partial charge on any atom is -0.497 e. The molecule has 0 heterocycles. The highest BCUT2D eigenvalue weighted by molar-refractivity contribution is 7.92. The lowest BCUT2D eigenvalue weighted by Gasteiger charge is -2.17. The Bertz CT molecular complexity index is 982. The van der Waals surface area contributed by atoms with E-state index in [-0.39, 0.29) is 23.5 Å². The Morgan fingerprint density at radius 2 is 1.71 bits per heavy atom. The van der Waals surface area contributed by atoms with Crippen molar-refractivity contribution in [3.63, 3.8) is 0 Å². The van der Waals surface area contributed by atoms with Crippen LogP contribution >= 0.6 is 0 Å². The second-order valence-electron chi connectivity index (χ2n) is 7.81. The van der Waals surface area contributed by atoms with E-state index >= 15 is 0 Å². The van der Waals surface area contributed by atoms with Crippen LogP contribution in [0.3, 0.4) is 0 Å². The lowest BCUT2D eigenvalue weighted by Crippen LogP contribution is -2.37. The summed E-state index contributed by atoms with van der Waals surface area (Å²) in [5, 5.41) is 3.04. The first-order valence-electron chi connectivity index (χ1n) is 10.6. The van der Waals surface area contributed by atoms with Gasteiger partial charge in [0.15, 0.2) is 6.61 Å². The van der Waals surface area contributed by atoms with E-state index < -0.39 is 10.0 Å². The standard InChI is InChI=1S/C23H30N2O5S/c1-17-15-21(31(27,28)25-19-9-11-20(29-2)12-10-19)13-14-22(17)30-16-23(26)24-18-7-5-3-4-6-8-18/h9-15,18,25H,3-8,16H2,1-2H3,(H,24,26). The van der Waals surface area contributed by atoms with Gasteiger partial charge >= 0.3 is 0 Å². The summed E-state index contributed by atoms with van der Waals surface area (Å²) in [5.74, 6) is 0.979. The van der Waals surface area contributed by atoms with E-state index in [1.54, 1.807) is 44.4 Å². The van der Waals surface area contributed by atoms with E-state index in [4.69, 9.17) is 9.47 Å². The zero-order chi connectivity index (χ0) is 22.3. The molecule has 0 saturated heterocycles. The van der Waals surface area contributed by atoms with Gasteiger partial charge in [0.05, 0.1) is 12.0 Å². The van der Waals surface area contributed by atoms with Gasteiger partial charge in [0.25, 0.3) is 15.9 Å². The Balaban J connectivity index is 1.58. The van der Waals surface area contributed by atoms with Crippen molar-refractivity contribution in [1.29, 1.82) is 0 Å². The van der Waals surface area contributed by atoms with E-state index in [0.717, 1.165) is 25.7 Å². The van der Waals surface area contributed by atoms with E-state index in [0.29, 0.717) is 22.7 Å². The van der Waals surface area contributed by atoms with E-state index in [2.05, 4.69) is 10.0 Å². The first-order chi connectivity index (χ1) is 14.9. The van der Waals surface area contributed by atoms with Crippen LogP contribution in [0.5, 0.6) is 11.5 Å². The lowest BCUT2D eigenvalue weighted by molar-refractivity contribution is -0.123. The number of carbonyl (C=O) groups is 1. The monoisotopic (exact) mass is 446 g/mol. The number of hydrogen-bond acceptors (Lipinski definition) is 5. The number of rotatable bonds is 8. The highest BCUT2D eigenvalue weighted by atomic mass is 32.2. The highest BCUT2D eigenvalue weighted by Gasteiger charge is 2.18. The summed E-state index contributed by atoms with van der Waals surface area (Å²) in [4.78, 5) is 12.4. The average Bonchev–Trinajstić information content (AvgIpc) is 3.01. The van der Waals surface area contributed by atoms with Gasteiger partial charge in [-0.3, -0.25) is 9.52 Å². The van der Waals surface area contributed by atoms with Crippen molar-refractivity contribution in [3.05, 3.63) is 48.0 Å². The van der Waals surface area contributed by atoms with E-state index in [1.165, 1.54) is 25.0 Å². The van der Waals surface area contributed by atoms with Crippen LogP contribution in [0.4, 0.5) is 5.69 Å². The summed E-state index contributed by atoms with van der Waals surface area (Å²) in [6.07, 6.45) is 6.77. The molecule has 0 aromatic heterocycles. The molecule has 168 valence electrons. The second-order valence-corrected chi connectivity index (χ2v) is 9.49. The molecule has 1 amide bonds. The lowest BCUT2D eigenvalue weighted by atomic mass is 10.1. The predicted octanol–water partition coefficient (Wildman–Crippen LogP) is 4.02. The van der Waals surface area contributed by atoms with Crippen LogP contribution in [-0.4, -0.2) is 34.1 Å². The van der Waals surface area contributed by atoms with Crippen LogP contribution in [-0.2, 0) is 14.8 Å². The van der Waals surface area contributed by atoms with Crippen LogP contribution in [0.1, 0.15) is 44.1 Å². The molecule has 1 aliphatic rings. The molecule has 2 aromatic rings. The Morgan fingerprint density at radius 1 is 1.03 bits per heavy atom. The molecule has 0 spiro atoms. The topological polar surface area (TPSA) is 93.7 Å². The summed E-state index contributed by atoms with van der Waals surface area (Å²) < 4.78 is 38.6. The molecule has 8 heteroatoms. The first-order valence-corrected chi connectivity index (χ1v) is 12.1. The summed E-state index contributed by atoms with van der Waals surface area (Å²) in [6, 6.07) is 11.4. The molecule has 2 aromatic carbocycles. The van der Waals surface area contributed by atoms with E-state index in [1.807, 2.05) is 0 Å². The van der Waals surface area contributed by atoms with Crippen LogP contribution in [0.2, 0.25) is 0 Å². The van der Waals surface area contributed by atoms with Crippen molar-refractivity contribution in [3.8, 4) is 11.5 Å². The molecular weight excluding hydrogens is 416 g/mol. The fourth-order valence-electron chi connectivity index (χ4n) is 3.66. The molecule has 0 atom stereocenters. The molecule has 1 fully saturated rings. The summed E-state index contributed by atoms with van der Waals surface area (Å²) in [5.41, 5.74) is 1.08. The van der Waals surface area contributed by atoms with Gasteiger partial charge in [-0.05, 0) is 67.8 Å². The summed E-state index contributed by atoms with van der Waals surface area (Å²) >= 11 is 0. The number of sulfonamides is 1. The number of benzene rings is 2. The Morgan fingerprint density at radius 3 is 2.32 bits per heavy atom. The van der Waals surface area contributed by atoms with Crippen LogP contribution in [0, 0.1) is 6.92 Å². The SMILES string of the molecule is COc1ccc(NS(=O)(=O)c2ccc(OCC(=O)NC3CCCCCC3)c(C)c2)cc1.